The van der Waals surface area contributed by atoms with E-state index in [9.17, 15) is 5.11 Å². The van der Waals surface area contributed by atoms with E-state index in [0.717, 1.165) is 27.5 Å². The Morgan fingerprint density at radius 2 is 2.23 bits per heavy atom. The molecular formula is C10H11ClO2. The Hall–Kier alpha value is -0.730. The maximum atomic E-state index is 9.59. The molecule has 0 saturated heterocycles. The van der Waals surface area contributed by atoms with Crippen LogP contribution in [0.3, 0.4) is 0 Å². The van der Waals surface area contributed by atoms with Gasteiger partial charge >= 0.3 is 0 Å². The first-order valence-corrected chi connectivity index (χ1v) is 4.59. The molecular weight excluding hydrogens is 188 g/mol. The van der Waals surface area contributed by atoms with Gasteiger partial charge in [0, 0.05) is 10.6 Å². The number of aliphatic hydroxyl groups is 1. The minimum atomic E-state index is -0.520. The standard InChI is InChI=1S/C10H11ClO2/c1-5-3-8-9(6(2)10(5)11)7(12)4-13-8/h3,7,12H,4H2,1-2H3. The van der Waals surface area contributed by atoms with Gasteiger partial charge in [-0.2, -0.15) is 0 Å². The molecule has 0 amide bonds. The number of fused-ring (bicyclic) bond motifs is 1. The average Bonchev–Trinajstić information content (AvgIpc) is 2.43. The fraction of sp³-hybridized carbons (Fsp3) is 0.400. The van der Waals surface area contributed by atoms with Gasteiger partial charge in [-0.15, -0.1) is 0 Å². The monoisotopic (exact) mass is 198 g/mol. The van der Waals surface area contributed by atoms with Gasteiger partial charge in [0.2, 0.25) is 0 Å². The summed E-state index contributed by atoms with van der Waals surface area (Å²) in [7, 11) is 0. The molecule has 1 aliphatic rings. The van der Waals surface area contributed by atoms with Gasteiger partial charge in [0.1, 0.15) is 18.5 Å². The second-order valence-electron chi connectivity index (χ2n) is 3.37. The number of ether oxygens (including phenoxy) is 1. The van der Waals surface area contributed by atoms with Crippen molar-refractivity contribution < 1.29 is 9.84 Å². The lowest BCUT2D eigenvalue weighted by molar-refractivity contribution is 0.140. The van der Waals surface area contributed by atoms with Gasteiger partial charge in [-0.1, -0.05) is 11.6 Å². The number of halogens is 1. The molecule has 70 valence electrons. The third kappa shape index (κ3) is 1.21. The van der Waals surface area contributed by atoms with Crippen molar-refractivity contribution in [2.75, 3.05) is 6.61 Å². The van der Waals surface area contributed by atoms with Gasteiger partial charge in [0.25, 0.3) is 0 Å². The van der Waals surface area contributed by atoms with Crippen molar-refractivity contribution in [3.63, 3.8) is 0 Å². The number of rotatable bonds is 0. The molecule has 0 fully saturated rings. The van der Waals surface area contributed by atoms with Crippen molar-refractivity contribution in [2.24, 2.45) is 0 Å². The van der Waals surface area contributed by atoms with Crippen molar-refractivity contribution in [1.82, 2.24) is 0 Å². The molecule has 0 bridgehead atoms. The van der Waals surface area contributed by atoms with Gasteiger partial charge in [0.15, 0.2) is 0 Å². The van der Waals surface area contributed by atoms with E-state index < -0.39 is 6.10 Å². The summed E-state index contributed by atoms with van der Waals surface area (Å²) in [6.07, 6.45) is -0.520. The summed E-state index contributed by atoms with van der Waals surface area (Å²) in [6, 6.07) is 1.88. The van der Waals surface area contributed by atoms with Crippen LogP contribution in [-0.2, 0) is 0 Å². The number of benzene rings is 1. The fourth-order valence-electron chi connectivity index (χ4n) is 1.72. The van der Waals surface area contributed by atoms with Crippen LogP contribution in [0, 0.1) is 13.8 Å². The summed E-state index contributed by atoms with van der Waals surface area (Å²) in [5.41, 5.74) is 2.77. The van der Waals surface area contributed by atoms with Crippen LogP contribution in [0.4, 0.5) is 0 Å². The van der Waals surface area contributed by atoms with Gasteiger partial charge in [-0.05, 0) is 31.0 Å². The zero-order valence-electron chi connectivity index (χ0n) is 7.60. The second kappa shape index (κ2) is 2.89. The van der Waals surface area contributed by atoms with Gasteiger partial charge < -0.3 is 9.84 Å². The maximum absolute atomic E-state index is 9.59. The molecule has 1 unspecified atom stereocenters. The molecule has 2 nitrogen and oxygen atoms in total. The predicted molar refractivity (Wildman–Crippen MR) is 51.4 cm³/mol. The number of aliphatic hydroxyl groups excluding tert-OH is 1. The maximum Gasteiger partial charge on any atom is 0.126 e. The van der Waals surface area contributed by atoms with Crippen LogP contribution < -0.4 is 4.74 Å². The van der Waals surface area contributed by atoms with E-state index in [1.807, 2.05) is 19.9 Å². The average molecular weight is 199 g/mol. The first-order valence-electron chi connectivity index (χ1n) is 4.21. The summed E-state index contributed by atoms with van der Waals surface area (Å²) in [5.74, 6) is 0.770. The van der Waals surface area contributed by atoms with Gasteiger partial charge in [-0.3, -0.25) is 0 Å². The first-order chi connectivity index (χ1) is 6.11. The minimum Gasteiger partial charge on any atom is -0.490 e. The smallest absolute Gasteiger partial charge is 0.126 e. The Kier molecular flexibility index (Phi) is 1.97. The van der Waals surface area contributed by atoms with E-state index in [-0.39, 0.29) is 0 Å². The molecule has 0 aromatic heterocycles. The Morgan fingerprint density at radius 1 is 1.54 bits per heavy atom. The van der Waals surface area contributed by atoms with E-state index in [2.05, 4.69) is 0 Å². The largest absolute Gasteiger partial charge is 0.490 e. The number of hydrogen-bond acceptors (Lipinski definition) is 2. The molecule has 1 N–H and O–H groups in total. The molecule has 3 heteroatoms. The fourth-order valence-corrected chi connectivity index (χ4v) is 1.88. The molecule has 0 aliphatic carbocycles. The van der Waals surface area contributed by atoms with E-state index in [1.165, 1.54) is 0 Å². The summed E-state index contributed by atoms with van der Waals surface area (Å²) in [4.78, 5) is 0. The summed E-state index contributed by atoms with van der Waals surface area (Å²) in [5, 5.41) is 10.3. The normalized spacial score (nSPS) is 19.8. The van der Waals surface area contributed by atoms with Crippen molar-refractivity contribution in [3.05, 3.63) is 27.8 Å². The Bertz CT molecular complexity index is 360. The van der Waals surface area contributed by atoms with Crippen LogP contribution in [-0.4, -0.2) is 11.7 Å². The highest BCUT2D eigenvalue weighted by Crippen LogP contribution is 2.39. The SMILES string of the molecule is Cc1cc2c(c(C)c1Cl)C(O)CO2. The molecule has 0 spiro atoms. The Labute approximate surface area is 82.1 Å². The lowest BCUT2D eigenvalue weighted by Gasteiger charge is -2.09. The van der Waals surface area contributed by atoms with Gasteiger partial charge in [-0.25, -0.2) is 0 Å². The quantitative estimate of drug-likeness (QED) is 0.694. The Morgan fingerprint density at radius 3 is 2.92 bits per heavy atom. The lowest BCUT2D eigenvalue weighted by Crippen LogP contribution is -1.99. The number of hydrogen-bond donors (Lipinski definition) is 1. The molecule has 2 rings (SSSR count). The zero-order chi connectivity index (χ0) is 9.59. The van der Waals surface area contributed by atoms with E-state index >= 15 is 0 Å². The van der Waals surface area contributed by atoms with E-state index in [0.29, 0.717) is 6.61 Å². The van der Waals surface area contributed by atoms with E-state index in [4.69, 9.17) is 16.3 Å². The summed E-state index contributed by atoms with van der Waals surface area (Å²) < 4.78 is 5.32. The van der Waals surface area contributed by atoms with Crippen molar-refractivity contribution in [3.8, 4) is 5.75 Å². The van der Waals surface area contributed by atoms with Crippen LogP contribution in [0.15, 0.2) is 6.07 Å². The molecule has 13 heavy (non-hydrogen) atoms. The summed E-state index contributed by atoms with van der Waals surface area (Å²) >= 11 is 6.06. The lowest BCUT2D eigenvalue weighted by atomic mass is 10.0. The highest BCUT2D eigenvalue weighted by Gasteiger charge is 2.25. The highest BCUT2D eigenvalue weighted by molar-refractivity contribution is 6.32. The molecule has 0 radical (unpaired) electrons. The third-order valence-corrected chi connectivity index (χ3v) is 3.00. The minimum absolute atomic E-state index is 0.343. The molecule has 1 aromatic rings. The molecule has 1 aliphatic heterocycles. The van der Waals surface area contributed by atoms with Gasteiger partial charge in [0.05, 0.1) is 0 Å². The Balaban J connectivity index is 2.68. The van der Waals surface area contributed by atoms with Crippen LogP contribution in [0.5, 0.6) is 5.75 Å². The zero-order valence-corrected chi connectivity index (χ0v) is 8.35. The van der Waals surface area contributed by atoms with Crippen LogP contribution in [0.2, 0.25) is 5.02 Å². The molecule has 1 aromatic carbocycles. The summed E-state index contributed by atoms with van der Waals surface area (Å²) in [6.45, 7) is 4.19. The first kappa shape index (κ1) is 8.85. The molecule has 1 heterocycles. The topological polar surface area (TPSA) is 29.5 Å². The molecule has 0 saturated carbocycles. The van der Waals surface area contributed by atoms with Crippen molar-refractivity contribution in [2.45, 2.75) is 20.0 Å². The van der Waals surface area contributed by atoms with Crippen LogP contribution in [0.1, 0.15) is 22.8 Å². The number of aryl methyl sites for hydroxylation is 1. The van der Waals surface area contributed by atoms with Crippen molar-refractivity contribution >= 4 is 11.6 Å². The highest BCUT2D eigenvalue weighted by atomic mass is 35.5. The third-order valence-electron chi connectivity index (χ3n) is 2.42. The van der Waals surface area contributed by atoms with Crippen LogP contribution in [0.25, 0.3) is 0 Å². The van der Waals surface area contributed by atoms with E-state index in [1.54, 1.807) is 0 Å². The molecule has 1 atom stereocenters. The second-order valence-corrected chi connectivity index (χ2v) is 3.75. The van der Waals surface area contributed by atoms with Crippen LogP contribution >= 0.6 is 11.6 Å². The van der Waals surface area contributed by atoms with Crippen molar-refractivity contribution in [1.29, 1.82) is 0 Å². The predicted octanol–water partition coefficient (Wildman–Crippen LogP) is 2.38.